The molecule has 0 radical (unpaired) electrons. The van der Waals surface area contributed by atoms with Crippen LogP contribution in [-0.2, 0) is 4.74 Å². The van der Waals surface area contributed by atoms with Crippen LogP contribution in [0.25, 0.3) is 0 Å². The third-order valence-electron chi connectivity index (χ3n) is 4.29. The van der Waals surface area contributed by atoms with Crippen molar-refractivity contribution in [1.29, 1.82) is 0 Å². The first-order chi connectivity index (χ1) is 12.2. The average Bonchev–Trinajstić information content (AvgIpc) is 2.65. The number of hydrogen-bond acceptors (Lipinski definition) is 2. The van der Waals surface area contributed by atoms with Crippen molar-refractivity contribution in [1.82, 2.24) is 0 Å². The molecule has 1 rings (SSSR count). The van der Waals surface area contributed by atoms with Crippen molar-refractivity contribution in [3.63, 3.8) is 0 Å². The molecule has 0 bridgehead atoms. The Balaban J connectivity index is 2.17. The molecule has 0 unspecified atom stereocenters. The largest absolute Gasteiger partial charge is 0.462 e. The van der Waals surface area contributed by atoms with Gasteiger partial charge in [0.05, 0.1) is 12.2 Å². The van der Waals surface area contributed by atoms with Gasteiger partial charge in [0.25, 0.3) is 0 Å². The predicted octanol–water partition coefficient (Wildman–Crippen LogP) is 5.73. The predicted molar refractivity (Wildman–Crippen MR) is 104 cm³/mol. The van der Waals surface area contributed by atoms with E-state index in [4.69, 9.17) is 17.6 Å². The maximum Gasteiger partial charge on any atom is 0.339 e. The SMILES string of the molecule is C#Cc1ccc(C#C)c(C(=O)OCCCCCCCCCCCC)c1. The summed E-state index contributed by atoms with van der Waals surface area (Å²) in [5, 5.41) is 0. The van der Waals surface area contributed by atoms with Gasteiger partial charge >= 0.3 is 5.97 Å². The minimum atomic E-state index is -0.388. The summed E-state index contributed by atoms with van der Waals surface area (Å²) in [6.45, 7) is 2.67. The molecule has 1 aromatic carbocycles. The fourth-order valence-corrected chi connectivity index (χ4v) is 2.76. The lowest BCUT2D eigenvalue weighted by atomic mass is 10.0. The maximum atomic E-state index is 12.2. The number of ether oxygens (including phenoxy) is 1. The highest BCUT2D eigenvalue weighted by Crippen LogP contribution is 2.14. The first-order valence-corrected chi connectivity index (χ1v) is 9.47. The second kappa shape index (κ2) is 13.1. The molecule has 0 spiro atoms. The Morgan fingerprint density at radius 1 is 0.920 bits per heavy atom. The molecule has 0 heterocycles. The Kier molecular flexibility index (Phi) is 11.0. The molecule has 0 aliphatic heterocycles. The topological polar surface area (TPSA) is 26.3 Å². The molecule has 134 valence electrons. The number of hydrogen-bond donors (Lipinski definition) is 0. The van der Waals surface area contributed by atoms with E-state index in [1.165, 1.54) is 51.4 Å². The zero-order valence-corrected chi connectivity index (χ0v) is 15.5. The van der Waals surface area contributed by atoms with Crippen LogP contribution in [0.1, 0.15) is 92.6 Å². The van der Waals surface area contributed by atoms with E-state index in [0.717, 1.165) is 12.8 Å². The summed E-state index contributed by atoms with van der Waals surface area (Å²) in [5.74, 6) is 4.62. The normalized spacial score (nSPS) is 10.0. The lowest BCUT2D eigenvalue weighted by Gasteiger charge is -2.07. The summed E-state index contributed by atoms with van der Waals surface area (Å²) in [6, 6.07) is 5.04. The molecule has 0 aromatic heterocycles. The van der Waals surface area contributed by atoms with E-state index in [1.807, 2.05) is 0 Å². The number of carbonyl (C=O) groups excluding carboxylic acids is 1. The van der Waals surface area contributed by atoms with E-state index in [0.29, 0.717) is 23.3 Å². The van der Waals surface area contributed by atoms with Gasteiger partial charge in [0.2, 0.25) is 0 Å². The van der Waals surface area contributed by atoms with Gasteiger partial charge in [0, 0.05) is 11.1 Å². The van der Waals surface area contributed by atoms with Gasteiger partial charge in [-0.2, -0.15) is 0 Å². The van der Waals surface area contributed by atoms with Gasteiger partial charge in [0.15, 0.2) is 0 Å². The molecule has 0 N–H and O–H groups in total. The summed E-state index contributed by atoms with van der Waals surface area (Å²) in [4.78, 5) is 12.2. The van der Waals surface area contributed by atoms with Crippen LogP contribution in [0.2, 0.25) is 0 Å². The number of unbranched alkanes of at least 4 members (excludes halogenated alkanes) is 9. The maximum absolute atomic E-state index is 12.2. The Morgan fingerprint density at radius 3 is 2.08 bits per heavy atom. The van der Waals surface area contributed by atoms with Crippen molar-refractivity contribution in [2.75, 3.05) is 6.61 Å². The summed E-state index contributed by atoms with van der Waals surface area (Å²) in [6.07, 6.45) is 23.3. The van der Waals surface area contributed by atoms with Crippen LogP contribution in [0.3, 0.4) is 0 Å². The first kappa shape index (κ1) is 20.9. The number of benzene rings is 1. The highest BCUT2D eigenvalue weighted by molar-refractivity contribution is 5.92. The van der Waals surface area contributed by atoms with Gasteiger partial charge < -0.3 is 4.74 Å². The second-order valence-corrected chi connectivity index (χ2v) is 6.37. The van der Waals surface area contributed by atoms with Crippen molar-refractivity contribution in [2.24, 2.45) is 0 Å². The number of esters is 1. The molecule has 0 fully saturated rings. The van der Waals surface area contributed by atoms with Crippen molar-refractivity contribution >= 4 is 5.97 Å². The molecule has 25 heavy (non-hydrogen) atoms. The van der Waals surface area contributed by atoms with Crippen molar-refractivity contribution < 1.29 is 9.53 Å². The van der Waals surface area contributed by atoms with E-state index >= 15 is 0 Å². The van der Waals surface area contributed by atoms with Gasteiger partial charge in [0.1, 0.15) is 0 Å². The van der Waals surface area contributed by atoms with Crippen molar-refractivity contribution in [3.8, 4) is 24.7 Å². The number of terminal acetylenes is 2. The first-order valence-electron chi connectivity index (χ1n) is 9.47. The minimum absolute atomic E-state index is 0.380. The van der Waals surface area contributed by atoms with Gasteiger partial charge in [-0.25, -0.2) is 4.79 Å². The summed E-state index contributed by atoms with van der Waals surface area (Å²) >= 11 is 0. The number of rotatable bonds is 12. The molecular weight excluding hydrogens is 308 g/mol. The molecular formula is C23H30O2. The molecule has 0 aliphatic rings. The standard InChI is InChI=1S/C23H30O2/c1-4-7-8-9-10-11-12-13-14-15-18-25-23(24)22-19-20(5-2)16-17-21(22)6-3/h2-3,16-17,19H,4,7-15,18H2,1H3. The lowest BCUT2D eigenvalue weighted by molar-refractivity contribution is 0.0497. The van der Waals surface area contributed by atoms with Crippen LogP contribution in [0.15, 0.2) is 18.2 Å². The van der Waals surface area contributed by atoms with E-state index in [1.54, 1.807) is 18.2 Å². The van der Waals surface area contributed by atoms with E-state index in [-0.39, 0.29) is 5.97 Å². The molecule has 0 atom stereocenters. The van der Waals surface area contributed by atoms with Crippen LogP contribution in [-0.4, -0.2) is 12.6 Å². The smallest absolute Gasteiger partial charge is 0.339 e. The molecule has 1 aromatic rings. The van der Waals surface area contributed by atoms with Gasteiger partial charge in [-0.1, -0.05) is 76.6 Å². The van der Waals surface area contributed by atoms with E-state index < -0.39 is 0 Å². The van der Waals surface area contributed by atoms with Gasteiger partial charge in [-0.3, -0.25) is 0 Å². The zero-order chi connectivity index (χ0) is 18.3. The Bertz CT molecular complexity index is 601. The molecule has 0 saturated carbocycles. The highest BCUT2D eigenvalue weighted by Gasteiger charge is 2.12. The molecule has 0 amide bonds. The van der Waals surface area contributed by atoms with Crippen LogP contribution < -0.4 is 0 Å². The average molecular weight is 338 g/mol. The van der Waals surface area contributed by atoms with Crippen LogP contribution in [0.5, 0.6) is 0 Å². The molecule has 2 heteroatoms. The monoisotopic (exact) mass is 338 g/mol. The van der Waals surface area contributed by atoms with Crippen LogP contribution in [0.4, 0.5) is 0 Å². The Labute approximate surface area is 153 Å². The quantitative estimate of drug-likeness (QED) is 0.276. The third kappa shape index (κ3) is 8.46. The van der Waals surface area contributed by atoms with Crippen molar-refractivity contribution in [2.45, 2.75) is 71.1 Å². The number of carbonyl (C=O) groups is 1. The lowest BCUT2D eigenvalue weighted by Crippen LogP contribution is -2.09. The third-order valence-corrected chi connectivity index (χ3v) is 4.29. The van der Waals surface area contributed by atoms with E-state index in [9.17, 15) is 4.79 Å². The van der Waals surface area contributed by atoms with Crippen molar-refractivity contribution in [3.05, 3.63) is 34.9 Å². The zero-order valence-electron chi connectivity index (χ0n) is 15.5. The van der Waals surface area contributed by atoms with Crippen LogP contribution in [0, 0.1) is 24.7 Å². The summed E-state index contributed by atoms with van der Waals surface area (Å²) < 4.78 is 5.34. The van der Waals surface area contributed by atoms with E-state index in [2.05, 4.69) is 18.8 Å². The fourth-order valence-electron chi connectivity index (χ4n) is 2.76. The van der Waals surface area contributed by atoms with Gasteiger partial charge in [-0.05, 0) is 24.6 Å². The minimum Gasteiger partial charge on any atom is -0.462 e. The summed E-state index contributed by atoms with van der Waals surface area (Å²) in [7, 11) is 0. The Hall–Kier alpha value is -2.19. The van der Waals surface area contributed by atoms with Gasteiger partial charge in [-0.15, -0.1) is 12.8 Å². The highest BCUT2D eigenvalue weighted by atomic mass is 16.5. The fraction of sp³-hybridized carbons (Fsp3) is 0.522. The second-order valence-electron chi connectivity index (χ2n) is 6.37. The molecule has 0 saturated heterocycles. The van der Waals surface area contributed by atoms with Crippen LogP contribution >= 0.6 is 0 Å². The molecule has 2 nitrogen and oxygen atoms in total. The Morgan fingerprint density at radius 2 is 1.52 bits per heavy atom. The molecule has 0 aliphatic carbocycles. The summed E-state index contributed by atoms with van der Waals surface area (Å²) in [5.41, 5.74) is 1.53.